The Labute approximate surface area is 86.7 Å². The summed E-state index contributed by atoms with van der Waals surface area (Å²) in [7, 11) is 0. The predicted octanol–water partition coefficient (Wildman–Crippen LogP) is 4.11. The lowest BCUT2D eigenvalue weighted by molar-refractivity contribution is 1.24. The lowest BCUT2D eigenvalue weighted by Crippen LogP contribution is -1.83. The summed E-state index contributed by atoms with van der Waals surface area (Å²) in [6.07, 6.45) is 0.588. The number of hydrogen-bond donors (Lipinski definition) is 0. The van der Waals surface area contributed by atoms with Crippen LogP contribution in [-0.4, -0.2) is 0 Å². The van der Waals surface area contributed by atoms with Gasteiger partial charge >= 0.3 is 0 Å². The van der Waals surface area contributed by atoms with Crippen LogP contribution in [0, 0.1) is 0 Å². The molecule has 0 aliphatic heterocycles. The Balaban J connectivity index is 2.72. The third kappa shape index (κ3) is 3.06. The van der Waals surface area contributed by atoms with Crippen LogP contribution in [0.15, 0.2) is 39.9 Å². The van der Waals surface area contributed by atoms with Crippen molar-refractivity contribution in [1.29, 1.82) is 0 Å². The second kappa shape index (κ2) is 4.76. The molecule has 0 nitrogen and oxygen atoms in total. The van der Waals surface area contributed by atoms with Crippen LogP contribution in [0.5, 0.6) is 0 Å². The van der Waals surface area contributed by atoms with Crippen LogP contribution in [0.3, 0.4) is 0 Å². The Morgan fingerprint density at radius 1 is 1.00 bits per heavy atom. The van der Waals surface area contributed by atoms with E-state index in [4.69, 9.17) is 34.8 Å². The molecule has 12 heavy (non-hydrogen) atoms. The van der Waals surface area contributed by atoms with Crippen LogP contribution in [0.2, 0.25) is 0 Å². The second-order valence-corrected chi connectivity index (χ2v) is 3.73. The number of halogens is 3. The van der Waals surface area contributed by atoms with E-state index in [9.17, 15) is 0 Å². The number of allylic oxidation sites excluding steroid dienone is 1. The number of rotatable bonds is 2. The molecule has 0 atom stereocenters. The van der Waals surface area contributed by atoms with Crippen LogP contribution in [0.25, 0.3) is 0 Å². The van der Waals surface area contributed by atoms with E-state index in [0.717, 1.165) is 5.56 Å². The maximum absolute atomic E-state index is 5.77. The predicted molar refractivity (Wildman–Crippen MR) is 54.7 cm³/mol. The van der Waals surface area contributed by atoms with Crippen molar-refractivity contribution in [3.05, 3.63) is 45.4 Å². The third-order valence-corrected chi connectivity index (χ3v) is 2.38. The van der Waals surface area contributed by atoms with E-state index in [-0.39, 0.29) is 4.49 Å². The first-order chi connectivity index (χ1) is 5.70. The second-order valence-electron chi connectivity index (χ2n) is 2.33. The maximum atomic E-state index is 5.77. The minimum Gasteiger partial charge on any atom is -0.0862 e. The number of benzene rings is 1. The van der Waals surface area contributed by atoms with Gasteiger partial charge in [0.05, 0.1) is 5.03 Å². The van der Waals surface area contributed by atoms with Gasteiger partial charge in [-0.1, -0.05) is 65.1 Å². The lowest BCUT2D eigenvalue weighted by atomic mass is 10.1. The van der Waals surface area contributed by atoms with E-state index in [2.05, 4.69) is 0 Å². The average molecular weight is 222 g/mol. The Morgan fingerprint density at radius 2 is 1.58 bits per heavy atom. The summed E-state index contributed by atoms with van der Waals surface area (Å²) in [5.41, 5.74) is 1.10. The molecule has 1 aromatic carbocycles. The highest BCUT2D eigenvalue weighted by Crippen LogP contribution is 2.21. The van der Waals surface area contributed by atoms with Crippen molar-refractivity contribution in [2.75, 3.05) is 0 Å². The van der Waals surface area contributed by atoms with Crippen LogP contribution >= 0.6 is 34.8 Å². The minimum absolute atomic E-state index is 0.139. The summed E-state index contributed by atoms with van der Waals surface area (Å²) >= 11 is 16.7. The van der Waals surface area contributed by atoms with Crippen molar-refractivity contribution in [2.45, 2.75) is 6.42 Å². The molecule has 64 valence electrons. The quantitative estimate of drug-likeness (QED) is 0.705. The van der Waals surface area contributed by atoms with Crippen molar-refractivity contribution in [2.24, 2.45) is 0 Å². The molecular weight excluding hydrogens is 214 g/mol. The monoisotopic (exact) mass is 220 g/mol. The molecule has 0 amide bonds. The summed E-state index contributed by atoms with van der Waals surface area (Å²) < 4.78 is 0.139. The molecular formula is C9H7Cl3. The standard InChI is InChI=1S/C9H7Cl3/c10-8(9(11)12)6-7-4-2-1-3-5-7/h1-5H,6H2. The first kappa shape index (κ1) is 9.91. The molecule has 0 aliphatic carbocycles. The molecule has 1 rings (SSSR count). The first-order valence-electron chi connectivity index (χ1n) is 3.43. The molecule has 0 heterocycles. The molecule has 1 aromatic rings. The van der Waals surface area contributed by atoms with Gasteiger partial charge in [-0.25, -0.2) is 0 Å². The van der Waals surface area contributed by atoms with Crippen LogP contribution < -0.4 is 0 Å². The molecule has 0 bridgehead atoms. The Hall–Kier alpha value is -0.170. The van der Waals surface area contributed by atoms with Crippen LogP contribution in [0.1, 0.15) is 5.56 Å². The topological polar surface area (TPSA) is 0 Å². The summed E-state index contributed by atoms with van der Waals surface area (Å²) in [6, 6.07) is 9.78. The Morgan fingerprint density at radius 3 is 2.08 bits per heavy atom. The summed E-state index contributed by atoms with van der Waals surface area (Å²) in [5.74, 6) is 0. The highest BCUT2D eigenvalue weighted by atomic mass is 35.5. The Kier molecular flexibility index (Phi) is 3.93. The van der Waals surface area contributed by atoms with Crippen molar-refractivity contribution >= 4 is 34.8 Å². The van der Waals surface area contributed by atoms with E-state index in [1.165, 1.54) is 0 Å². The molecule has 0 unspecified atom stereocenters. The Bertz CT molecular complexity index is 273. The fraction of sp³-hybridized carbons (Fsp3) is 0.111. The van der Waals surface area contributed by atoms with Gasteiger partial charge < -0.3 is 0 Å². The van der Waals surface area contributed by atoms with Gasteiger partial charge in [-0.05, 0) is 5.56 Å². The van der Waals surface area contributed by atoms with E-state index in [1.807, 2.05) is 30.3 Å². The molecule has 3 heteroatoms. The normalized spacial score (nSPS) is 9.58. The fourth-order valence-corrected chi connectivity index (χ4v) is 1.13. The maximum Gasteiger partial charge on any atom is 0.121 e. The molecule has 0 N–H and O–H groups in total. The zero-order valence-electron chi connectivity index (χ0n) is 6.23. The van der Waals surface area contributed by atoms with Crippen molar-refractivity contribution in [1.82, 2.24) is 0 Å². The van der Waals surface area contributed by atoms with Gasteiger partial charge in [0.2, 0.25) is 0 Å². The van der Waals surface area contributed by atoms with Gasteiger partial charge in [0.1, 0.15) is 4.49 Å². The van der Waals surface area contributed by atoms with Crippen molar-refractivity contribution in [3.63, 3.8) is 0 Å². The molecule has 0 radical (unpaired) electrons. The highest BCUT2D eigenvalue weighted by Gasteiger charge is 1.99. The van der Waals surface area contributed by atoms with Crippen LogP contribution in [0.4, 0.5) is 0 Å². The highest BCUT2D eigenvalue weighted by molar-refractivity contribution is 6.59. The molecule has 0 saturated heterocycles. The molecule has 0 aromatic heterocycles. The average Bonchev–Trinajstić information content (AvgIpc) is 2.06. The third-order valence-electron chi connectivity index (χ3n) is 1.41. The fourth-order valence-electron chi connectivity index (χ4n) is 0.842. The SMILES string of the molecule is ClC(Cl)=C(Cl)Cc1ccccc1. The molecule has 0 fully saturated rings. The van der Waals surface area contributed by atoms with Gasteiger partial charge in [0, 0.05) is 6.42 Å². The molecule has 0 aliphatic rings. The van der Waals surface area contributed by atoms with Crippen LogP contribution in [-0.2, 0) is 6.42 Å². The van der Waals surface area contributed by atoms with E-state index in [0.29, 0.717) is 11.5 Å². The summed E-state index contributed by atoms with van der Waals surface area (Å²) in [5, 5.41) is 0.476. The van der Waals surface area contributed by atoms with Gasteiger partial charge in [0.25, 0.3) is 0 Å². The minimum atomic E-state index is 0.139. The van der Waals surface area contributed by atoms with E-state index in [1.54, 1.807) is 0 Å². The zero-order valence-corrected chi connectivity index (χ0v) is 8.50. The zero-order chi connectivity index (χ0) is 8.97. The summed E-state index contributed by atoms with van der Waals surface area (Å²) in [6.45, 7) is 0. The summed E-state index contributed by atoms with van der Waals surface area (Å²) in [4.78, 5) is 0. The molecule has 0 saturated carbocycles. The lowest BCUT2D eigenvalue weighted by Gasteiger charge is -1.98. The van der Waals surface area contributed by atoms with Gasteiger partial charge in [-0.2, -0.15) is 0 Å². The van der Waals surface area contributed by atoms with E-state index >= 15 is 0 Å². The van der Waals surface area contributed by atoms with Crippen molar-refractivity contribution in [3.8, 4) is 0 Å². The number of hydrogen-bond acceptors (Lipinski definition) is 0. The van der Waals surface area contributed by atoms with Gasteiger partial charge in [-0.15, -0.1) is 0 Å². The van der Waals surface area contributed by atoms with E-state index < -0.39 is 0 Å². The largest absolute Gasteiger partial charge is 0.121 e. The van der Waals surface area contributed by atoms with Gasteiger partial charge in [0.15, 0.2) is 0 Å². The molecule has 0 spiro atoms. The van der Waals surface area contributed by atoms with Crippen molar-refractivity contribution < 1.29 is 0 Å². The van der Waals surface area contributed by atoms with Gasteiger partial charge in [-0.3, -0.25) is 0 Å². The smallest absolute Gasteiger partial charge is 0.0862 e. The first-order valence-corrected chi connectivity index (χ1v) is 4.57.